The van der Waals surface area contributed by atoms with E-state index in [2.05, 4.69) is 38.5 Å². The van der Waals surface area contributed by atoms with Crippen molar-refractivity contribution in [2.75, 3.05) is 12.4 Å². The maximum atomic E-state index is 4.30. The van der Waals surface area contributed by atoms with Gasteiger partial charge in [-0.3, -0.25) is 0 Å². The highest BCUT2D eigenvalue weighted by molar-refractivity contribution is 5.88. The Morgan fingerprint density at radius 2 is 1.63 bits per heavy atom. The van der Waals surface area contributed by atoms with E-state index in [0.29, 0.717) is 0 Å². The molecule has 3 aromatic rings. The summed E-state index contributed by atoms with van der Waals surface area (Å²) >= 11 is 0. The highest BCUT2D eigenvalue weighted by Crippen LogP contribution is 2.24. The zero-order valence-corrected chi connectivity index (χ0v) is 10.9. The van der Waals surface area contributed by atoms with E-state index < -0.39 is 0 Å². The first-order valence-corrected chi connectivity index (χ1v) is 6.13. The number of fused-ring (bicyclic) bond motifs is 1. The fourth-order valence-electron chi connectivity index (χ4n) is 2.00. The van der Waals surface area contributed by atoms with Gasteiger partial charge in [0.1, 0.15) is 11.6 Å². The van der Waals surface area contributed by atoms with Crippen LogP contribution >= 0.6 is 0 Å². The van der Waals surface area contributed by atoms with Crippen molar-refractivity contribution in [3.8, 4) is 11.1 Å². The number of anilines is 1. The van der Waals surface area contributed by atoms with Crippen LogP contribution in [0.15, 0.2) is 42.9 Å². The van der Waals surface area contributed by atoms with E-state index in [4.69, 9.17) is 0 Å². The molecule has 1 aromatic carbocycles. The number of nitrogens with zero attached hydrogens (tertiary/aromatic N) is 3. The van der Waals surface area contributed by atoms with E-state index in [1.54, 1.807) is 0 Å². The van der Waals surface area contributed by atoms with Gasteiger partial charge in [0.25, 0.3) is 0 Å². The minimum Gasteiger partial charge on any atom is -0.373 e. The van der Waals surface area contributed by atoms with Gasteiger partial charge in [0.2, 0.25) is 0 Å². The summed E-state index contributed by atoms with van der Waals surface area (Å²) in [5.74, 6) is 1.65. The van der Waals surface area contributed by atoms with Gasteiger partial charge in [0.05, 0.1) is 0 Å². The van der Waals surface area contributed by atoms with Crippen LogP contribution in [0.1, 0.15) is 5.82 Å². The molecule has 0 spiro atoms. The molecule has 0 unspecified atom stereocenters. The second kappa shape index (κ2) is 4.65. The molecule has 2 heterocycles. The number of aryl methyl sites for hydroxylation is 1. The van der Waals surface area contributed by atoms with Crippen LogP contribution in [0.4, 0.5) is 5.82 Å². The lowest BCUT2D eigenvalue weighted by molar-refractivity contribution is 1.06. The molecule has 1 N–H and O–H groups in total. The minimum atomic E-state index is 0.784. The molecular formula is C15H14N4. The third kappa shape index (κ3) is 2.25. The zero-order chi connectivity index (χ0) is 13.2. The Hall–Kier alpha value is -2.49. The molecule has 3 rings (SSSR count). The van der Waals surface area contributed by atoms with Crippen LogP contribution in [-0.4, -0.2) is 22.0 Å². The summed E-state index contributed by atoms with van der Waals surface area (Å²) in [5.41, 5.74) is 2.14. The van der Waals surface area contributed by atoms with Gasteiger partial charge in [-0.1, -0.05) is 12.1 Å². The monoisotopic (exact) mass is 250 g/mol. The Morgan fingerprint density at radius 1 is 0.842 bits per heavy atom. The van der Waals surface area contributed by atoms with Crippen molar-refractivity contribution in [2.24, 2.45) is 0 Å². The molecule has 4 heteroatoms. The molecule has 0 amide bonds. The molecular weight excluding hydrogens is 236 g/mol. The topological polar surface area (TPSA) is 50.7 Å². The van der Waals surface area contributed by atoms with Crippen molar-refractivity contribution < 1.29 is 0 Å². The summed E-state index contributed by atoms with van der Waals surface area (Å²) in [6, 6.07) is 8.30. The van der Waals surface area contributed by atoms with Crippen molar-refractivity contribution in [3.63, 3.8) is 0 Å². The number of benzene rings is 1. The van der Waals surface area contributed by atoms with E-state index >= 15 is 0 Å². The molecule has 94 valence electrons. The van der Waals surface area contributed by atoms with Gasteiger partial charge in [0, 0.05) is 36.6 Å². The summed E-state index contributed by atoms with van der Waals surface area (Å²) in [4.78, 5) is 12.8. The van der Waals surface area contributed by atoms with E-state index in [9.17, 15) is 0 Å². The van der Waals surface area contributed by atoms with Crippen molar-refractivity contribution in [2.45, 2.75) is 6.92 Å². The van der Waals surface area contributed by atoms with Crippen LogP contribution in [0, 0.1) is 6.92 Å². The molecule has 4 nitrogen and oxygen atoms in total. The maximum absolute atomic E-state index is 4.30. The fourth-order valence-corrected chi connectivity index (χ4v) is 2.00. The number of pyridine rings is 1. The van der Waals surface area contributed by atoms with Crippen LogP contribution in [0.3, 0.4) is 0 Å². The minimum absolute atomic E-state index is 0.784. The smallest absolute Gasteiger partial charge is 0.126 e. The molecule has 0 aliphatic heterocycles. The predicted molar refractivity (Wildman–Crippen MR) is 77.1 cm³/mol. The van der Waals surface area contributed by atoms with Crippen LogP contribution in [0.2, 0.25) is 0 Å². The van der Waals surface area contributed by atoms with Crippen molar-refractivity contribution >= 4 is 16.6 Å². The molecule has 0 atom stereocenters. The second-order valence-electron chi connectivity index (χ2n) is 4.40. The Labute approximate surface area is 111 Å². The van der Waals surface area contributed by atoms with Crippen molar-refractivity contribution in [1.82, 2.24) is 15.0 Å². The number of aromatic nitrogens is 3. The first-order valence-electron chi connectivity index (χ1n) is 6.13. The molecule has 0 bridgehead atoms. The SMILES string of the molecule is CNc1cc2cc(-c3cnc(C)nc3)ccc2cn1. The normalized spacial score (nSPS) is 10.6. The molecule has 0 aliphatic rings. The van der Waals surface area contributed by atoms with Crippen LogP contribution in [0.5, 0.6) is 0 Å². The summed E-state index contributed by atoms with van der Waals surface area (Å²) in [7, 11) is 1.87. The third-order valence-electron chi connectivity index (χ3n) is 3.09. The van der Waals surface area contributed by atoms with Crippen molar-refractivity contribution in [1.29, 1.82) is 0 Å². The molecule has 19 heavy (non-hydrogen) atoms. The first-order chi connectivity index (χ1) is 9.26. The zero-order valence-electron chi connectivity index (χ0n) is 10.9. The Bertz CT molecular complexity index is 720. The largest absolute Gasteiger partial charge is 0.373 e. The van der Waals surface area contributed by atoms with Gasteiger partial charge < -0.3 is 5.32 Å². The van der Waals surface area contributed by atoms with Crippen LogP contribution in [-0.2, 0) is 0 Å². The summed E-state index contributed by atoms with van der Waals surface area (Å²) in [5, 5.41) is 5.32. The Balaban J connectivity index is 2.12. The van der Waals surface area contributed by atoms with Gasteiger partial charge in [-0.25, -0.2) is 15.0 Å². The van der Waals surface area contributed by atoms with Gasteiger partial charge in [-0.05, 0) is 30.0 Å². The lowest BCUT2D eigenvalue weighted by atomic mass is 10.0. The number of hydrogen-bond donors (Lipinski definition) is 1. The standard InChI is InChI=1S/C15H14N4/c1-10-17-8-14(9-18-10)11-3-4-12-7-19-15(16-2)6-13(12)5-11/h3-9H,1-2H3,(H,16,19). The number of hydrogen-bond acceptors (Lipinski definition) is 4. The van der Waals surface area contributed by atoms with Gasteiger partial charge in [-0.2, -0.15) is 0 Å². The van der Waals surface area contributed by atoms with E-state index in [1.807, 2.05) is 38.6 Å². The molecule has 0 aliphatic carbocycles. The lowest BCUT2D eigenvalue weighted by Gasteiger charge is -2.05. The summed E-state index contributed by atoms with van der Waals surface area (Å²) in [6.07, 6.45) is 5.57. The molecule has 0 saturated heterocycles. The quantitative estimate of drug-likeness (QED) is 0.759. The highest BCUT2D eigenvalue weighted by Gasteiger charge is 2.02. The first kappa shape index (κ1) is 11.6. The number of rotatable bonds is 2. The molecule has 2 aromatic heterocycles. The van der Waals surface area contributed by atoms with Gasteiger partial charge >= 0.3 is 0 Å². The molecule has 0 radical (unpaired) electrons. The van der Waals surface area contributed by atoms with Crippen molar-refractivity contribution in [3.05, 3.63) is 48.7 Å². The van der Waals surface area contributed by atoms with Gasteiger partial charge in [0.15, 0.2) is 0 Å². The lowest BCUT2D eigenvalue weighted by Crippen LogP contribution is -1.91. The molecule has 0 fully saturated rings. The maximum Gasteiger partial charge on any atom is 0.126 e. The van der Waals surface area contributed by atoms with E-state index in [-0.39, 0.29) is 0 Å². The predicted octanol–water partition coefficient (Wildman–Crippen LogP) is 3.04. The third-order valence-corrected chi connectivity index (χ3v) is 3.09. The molecule has 0 saturated carbocycles. The fraction of sp³-hybridized carbons (Fsp3) is 0.133. The Morgan fingerprint density at radius 3 is 2.37 bits per heavy atom. The van der Waals surface area contributed by atoms with Gasteiger partial charge in [-0.15, -0.1) is 0 Å². The second-order valence-corrected chi connectivity index (χ2v) is 4.40. The van der Waals surface area contributed by atoms with E-state index in [1.165, 1.54) is 0 Å². The average Bonchev–Trinajstić information content (AvgIpc) is 2.47. The number of nitrogens with one attached hydrogen (secondary N) is 1. The highest BCUT2D eigenvalue weighted by atomic mass is 14.9. The Kier molecular flexibility index (Phi) is 2.83. The van der Waals surface area contributed by atoms with Crippen LogP contribution < -0.4 is 5.32 Å². The summed E-state index contributed by atoms with van der Waals surface area (Å²) < 4.78 is 0. The van der Waals surface area contributed by atoms with E-state index in [0.717, 1.165) is 33.5 Å². The summed E-state index contributed by atoms with van der Waals surface area (Å²) in [6.45, 7) is 1.88. The van der Waals surface area contributed by atoms with Crippen LogP contribution in [0.25, 0.3) is 21.9 Å². The average molecular weight is 250 g/mol.